The molecule has 1 heterocycles. The van der Waals surface area contributed by atoms with E-state index in [4.69, 9.17) is 5.26 Å². The van der Waals surface area contributed by atoms with Crippen molar-refractivity contribution >= 4 is 29.0 Å². The summed E-state index contributed by atoms with van der Waals surface area (Å²) < 4.78 is 1.96. The number of aryl methyl sites for hydroxylation is 1. The Morgan fingerprint density at radius 3 is 2.90 bits per heavy atom. The Balaban J connectivity index is 2.09. The van der Waals surface area contributed by atoms with Crippen LogP contribution in [0.5, 0.6) is 0 Å². The van der Waals surface area contributed by atoms with E-state index in [0.717, 1.165) is 0 Å². The first-order valence-electron chi connectivity index (χ1n) is 6.41. The summed E-state index contributed by atoms with van der Waals surface area (Å²) in [6.07, 6.45) is 1.93. The molecule has 1 aromatic carbocycles. The molecule has 0 fully saturated rings. The van der Waals surface area contributed by atoms with Gasteiger partial charge in [-0.15, -0.1) is 23.1 Å². The molecule has 1 aromatic heterocycles. The smallest absolute Gasteiger partial charge is 0.258 e. The number of amides is 1. The number of rotatable bonds is 5. The summed E-state index contributed by atoms with van der Waals surface area (Å²) in [4.78, 5) is 16.5. The van der Waals surface area contributed by atoms with Gasteiger partial charge in [-0.1, -0.05) is 29.8 Å². The average molecular weight is 317 g/mol. The molecule has 2 aromatic rings. The maximum atomic E-state index is 11.7. The van der Waals surface area contributed by atoms with Gasteiger partial charge in [-0.05, 0) is 12.5 Å². The minimum Gasteiger partial charge on any atom is -0.319 e. The summed E-state index contributed by atoms with van der Waals surface area (Å²) in [6.45, 7) is 2.75. The first-order chi connectivity index (χ1) is 10.2. The fourth-order valence-electron chi connectivity index (χ4n) is 1.72. The predicted octanol–water partition coefficient (Wildman–Crippen LogP) is 2.59. The summed E-state index contributed by atoms with van der Waals surface area (Å²) >= 11 is 2.73. The van der Waals surface area contributed by atoms with E-state index in [2.05, 4.69) is 36.2 Å². The van der Waals surface area contributed by atoms with Gasteiger partial charge >= 0.3 is 0 Å². The summed E-state index contributed by atoms with van der Waals surface area (Å²) in [6, 6.07) is 10.3. The SMILES string of the molecule is Cc1ccc(Cn2ccsc2=NC(=O)CSCC#N)cc1. The van der Waals surface area contributed by atoms with Crippen molar-refractivity contribution < 1.29 is 4.79 Å². The molecule has 0 unspecified atom stereocenters. The van der Waals surface area contributed by atoms with Gasteiger partial charge in [0.2, 0.25) is 0 Å². The fourth-order valence-corrected chi connectivity index (χ4v) is 2.90. The molecule has 0 aliphatic heterocycles. The molecular weight excluding hydrogens is 302 g/mol. The Morgan fingerprint density at radius 2 is 2.19 bits per heavy atom. The van der Waals surface area contributed by atoms with E-state index in [1.165, 1.54) is 34.2 Å². The molecule has 0 spiro atoms. The van der Waals surface area contributed by atoms with Crippen molar-refractivity contribution in [2.24, 2.45) is 4.99 Å². The number of carbonyl (C=O) groups excluding carboxylic acids is 1. The van der Waals surface area contributed by atoms with Crippen molar-refractivity contribution in [1.29, 1.82) is 5.26 Å². The van der Waals surface area contributed by atoms with Crippen LogP contribution in [-0.2, 0) is 11.3 Å². The van der Waals surface area contributed by atoms with E-state index in [9.17, 15) is 4.79 Å². The number of aromatic nitrogens is 1. The lowest BCUT2D eigenvalue weighted by molar-refractivity contribution is -0.115. The van der Waals surface area contributed by atoms with Crippen LogP contribution >= 0.6 is 23.1 Å². The number of carbonyl (C=O) groups is 1. The molecule has 108 valence electrons. The standard InChI is InChI=1S/C15H15N3OS2/c1-12-2-4-13(5-3-12)10-18-7-9-21-15(18)17-14(19)11-20-8-6-16/h2-5,7,9H,8,10-11H2,1H3. The van der Waals surface area contributed by atoms with Gasteiger partial charge in [0.15, 0.2) is 4.80 Å². The molecule has 2 rings (SSSR count). The topological polar surface area (TPSA) is 58.1 Å². The number of nitrogens with zero attached hydrogens (tertiary/aromatic N) is 3. The van der Waals surface area contributed by atoms with Crippen LogP contribution < -0.4 is 4.80 Å². The van der Waals surface area contributed by atoms with Crippen LogP contribution in [0.25, 0.3) is 0 Å². The van der Waals surface area contributed by atoms with Crippen LogP contribution in [0.3, 0.4) is 0 Å². The van der Waals surface area contributed by atoms with Crippen LogP contribution in [0.4, 0.5) is 0 Å². The third-order valence-corrected chi connectivity index (χ3v) is 4.32. The van der Waals surface area contributed by atoms with Gasteiger partial charge in [0.1, 0.15) is 0 Å². The molecule has 4 nitrogen and oxygen atoms in total. The van der Waals surface area contributed by atoms with Gasteiger partial charge in [-0.3, -0.25) is 4.79 Å². The van der Waals surface area contributed by atoms with E-state index < -0.39 is 0 Å². The number of nitriles is 1. The number of hydrogen-bond donors (Lipinski definition) is 0. The lowest BCUT2D eigenvalue weighted by atomic mass is 10.1. The zero-order chi connectivity index (χ0) is 15.1. The number of thioether (sulfide) groups is 1. The second kappa shape index (κ2) is 7.81. The van der Waals surface area contributed by atoms with Crippen molar-refractivity contribution in [3.8, 4) is 6.07 Å². The summed E-state index contributed by atoms with van der Waals surface area (Å²) in [5, 5.41) is 10.4. The van der Waals surface area contributed by atoms with E-state index in [1.54, 1.807) is 0 Å². The van der Waals surface area contributed by atoms with E-state index in [1.807, 2.05) is 22.2 Å². The van der Waals surface area contributed by atoms with Gasteiger partial charge in [0, 0.05) is 18.1 Å². The van der Waals surface area contributed by atoms with Crippen LogP contribution in [0.2, 0.25) is 0 Å². The van der Waals surface area contributed by atoms with Crippen molar-refractivity contribution in [1.82, 2.24) is 4.57 Å². The van der Waals surface area contributed by atoms with Crippen LogP contribution in [0, 0.1) is 18.3 Å². The second-order valence-corrected chi connectivity index (χ2v) is 6.31. The van der Waals surface area contributed by atoms with E-state index in [0.29, 0.717) is 17.1 Å². The molecule has 0 N–H and O–H groups in total. The average Bonchev–Trinajstić information content (AvgIpc) is 2.89. The molecule has 0 atom stereocenters. The van der Waals surface area contributed by atoms with Crippen molar-refractivity contribution in [3.05, 3.63) is 51.8 Å². The summed E-state index contributed by atoms with van der Waals surface area (Å²) in [5.74, 6) is 0.362. The lowest BCUT2D eigenvalue weighted by Gasteiger charge is -2.03. The highest BCUT2D eigenvalue weighted by molar-refractivity contribution is 8.00. The Kier molecular flexibility index (Phi) is 5.78. The zero-order valence-electron chi connectivity index (χ0n) is 11.7. The monoisotopic (exact) mass is 317 g/mol. The first kappa shape index (κ1) is 15.5. The molecular formula is C15H15N3OS2. The minimum absolute atomic E-state index is 0.199. The maximum Gasteiger partial charge on any atom is 0.258 e. The Bertz CT molecular complexity index is 708. The van der Waals surface area contributed by atoms with Gasteiger partial charge in [-0.25, -0.2) is 0 Å². The molecule has 0 saturated carbocycles. The molecule has 0 saturated heterocycles. The third-order valence-electron chi connectivity index (χ3n) is 2.75. The molecule has 0 aliphatic rings. The highest BCUT2D eigenvalue weighted by atomic mass is 32.2. The Hall–Kier alpha value is -1.84. The van der Waals surface area contributed by atoms with E-state index >= 15 is 0 Å². The van der Waals surface area contributed by atoms with Crippen LogP contribution in [0.1, 0.15) is 11.1 Å². The molecule has 0 bridgehead atoms. The van der Waals surface area contributed by atoms with Crippen molar-refractivity contribution in [3.63, 3.8) is 0 Å². The largest absolute Gasteiger partial charge is 0.319 e. The van der Waals surface area contributed by atoms with Gasteiger partial charge in [0.05, 0.1) is 17.6 Å². The highest BCUT2D eigenvalue weighted by Crippen LogP contribution is 2.05. The fraction of sp³-hybridized carbons (Fsp3) is 0.267. The second-order valence-electron chi connectivity index (χ2n) is 4.46. The van der Waals surface area contributed by atoms with Gasteiger partial charge in [0.25, 0.3) is 5.91 Å². The van der Waals surface area contributed by atoms with Gasteiger partial charge < -0.3 is 4.57 Å². The normalized spacial score (nSPS) is 11.3. The minimum atomic E-state index is -0.199. The number of thiazole rings is 1. The Morgan fingerprint density at radius 1 is 1.43 bits per heavy atom. The summed E-state index contributed by atoms with van der Waals surface area (Å²) in [7, 11) is 0. The molecule has 0 radical (unpaired) electrons. The number of benzene rings is 1. The van der Waals surface area contributed by atoms with Gasteiger partial charge in [-0.2, -0.15) is 10.3 Å². The molecule has 0 aliphatic carbocycles. The van der Waals surface area contributed by atoms with Crippen LogP contribution in [-0.4, -0.2) is 22.0 Å². The van der Waals surface area contributed by atoms with Crippen molar-refractivity contribution in [2.75, 3.05) is 11.5 Å². The number of hydrogen-bond acceptors (Lipinski definition) is 4. The zero-order valence-corrected chi connectivity index (χ0v) is 13.3. The summed E-state index contributed by atoms with van der Waals surface area (Å²) in [5.41, 5.74) is 2.40. The van der Waals surface area contributed by atoms with E-state index in [-0.39, 0.29) is 11.7 Å². The molecule has 1 amide bonds. The maximum absolute atomic E-state index is 11.7. The lowest BCUT2D eigenvalue weighted by Crippen LogP contribution is -2.17. The first-order valence-corrected chi connectivity index (χ1v) is 8.44. The third kappa shape index (κ3) is 4.88. The highest BCUT2D eigenvalue weighted by Gasteiger charge is 2.02. The van der Waals surface area contributed by atoms with Crippen LogP contribution in [0.15, 0.2) is 40.8 Å². The Labute approximate surface area is 131 Å². The molecule has 6 heteroatoms. The molecule has 21 heavy (non-hydrogen) atoms. The quantitative estimate of drug-likeness (QED) is 0.796. The van der Waals surface area contributed by atoms with Crippen molar-refractivity contribution in [2.45, 2.75) is 13.5 Å². The predicted molar refractivity (Wildman–Crippen MR) is 86.1 cm³/mol.